The molecular formula is C15H20N3O4S+. The molecule has 0 saturated carbocycles. The van der Waals surface area contributed by atoms with Crippen molar-refractivity contribution in [2.45, 2.75) is 26.1 Å². The lowest BCUT2D eigenvalue weighted by atomic mass is 10.1. The summed E-state index contributed by atoms with van der Waals surface area (Å²) in [5.74, 6) is -0.931. The summed E-state index contributed by atoms with van der Waals surface area (Å²) in [5.41, 5.74) is 0. The van der Waals surface area contributed by atoms with Gasteiger partial charge in [0.15, 0.2) is 5.04 Å². The van der Waals surface area contributed by atoms with Crippen LogP contribution in [0.1, 0.15) is 13.8 Å². The number of morpholine rings is 1. The van der Waals surface area contributed by atoms with Crippen LogP contribution < -0.4 is 0 Å². The highest BCUT2D eigenvalue weighted by molar-refractivity contribution is 8.18. The Labute approximate surface area is 138 Å². The maximum absolute atomic E-state index is 12.8. The molecule has 0 radical (unpaired) electrons. The molecule has 0 aliphatic carbocycles. The predicted molar refractivity (Wildman–Crippen MR) is 85.1 cm³/mol. The minimum absolute atomic E-state index is 0.0124. The Morgan fingerprint density at radius 2 is 1.91 bits per heavy atom. The Morgan fingerprint density at radius 3 is 2.52 bits per heavy atom. The number of nitrogens with zero attached hydrogens (tertiary/aromatic N) is 3. The lowest BCUT2D eigenvalue weighted by Crippen LogP contribution is -2.49. The zero-order valence-corrected chi connectivity index (χ0v) is 14.4. The first-order chi connectivity index (χ1) is 10.8. The molecule has 3 heterocycles. The van der Waals surface area contributed by atoms with Gasteiger partial charge in [-0.15, -0.1) is 0 Å². The van der Waals surface area contributed by atoms with Crippen molar-refractivity contribution in [3.63, 3.8) is 0 Å². The van der Waals surface area contributed by atoms with Gasteiger partial charge in [-0.05, 0) is 31.7 Å². The van der Waals surface area contributed by atoms with E-state index in [0.29, 0.717) is 23.0 Å². The molecule has 0 aromatic heterocycles. The van der Waals surface area contributed by atoms with Crippen molar-refractivity contribution >= 4 is 34.7 Å². The number of rotatable bonds is 1. The van der Waals surface area contributed by atoms with Crippen molar-refractivity contribution in [3.8, 4) is 0 Å². The molecule has 3 aliphatic heterocycles. The first-order valence-corrected chi connectivity index (χ1v) is 8.37. The number of urea groups is 1. The SMILES string of the molecule is CC1CN(C(=O)C2=CC3C(=O)N(C)C(=O)[N+](C)=C3S2)CC(C)O1. The lowest BCUT2D eigenvalue weighted by molar-refractivity contribution is -0.403. The monoisotopic (exact) mass is 338 g/mol. The van der Waals surface area contributed by atoms with Gasteiger partial charge in [0.1, 0.15) is 5.92 Å². The maximum atomic E-state index is 12.8. The summed E-state index contributed by atoms with van der Waals surface area (Å²) in [6, 6.07) is -0.371. The first kappa shape index (κ1) is 16.2. The zero-order valence-electron chi connectivity index (χ0n) is 13.6. The summed E-state index contributed by atoms with van der Waals surface area (Å²) in [5, 5.41) is 0.607. The van der Waals surface area contributed by atoms with Crippen LogP contribution in [0.4, 0.5) is 4.79 Å². The third kappa shape index (κ3) is 2.70. The van der Waals surface area contributed by atoms with Gasteiger partial charge in [0.05, 0.1) is 31.2 Å². The van der Waals surface area contributed by atoms with E-state index in [-0.39, 0.29) is 30.1 Å². The summed E-state index contributed by atoms with van der Waals surface area (Å²) in [7, 11) is 3.09. The fourth-order valence-corrected chi connectivity index (χ4v) is 4.28. The number of hydrogen-bond donors (Lipinski definition) is 0. The fourth-order valence-electron chi connectivity index (χ4n) is 3.12. The van der Waals surface area contributed by atoms with Crippen LogP contribution in [0.3, 0.4) is 0 Å². The molecule has 23 heavy (non-hydrogen) atoms. The molecule has 3 rings (SSSR count). The van der Waals surface area contributed by atoms with Gasteiger partial charge in [0.25, 0.3) is 5.91 Å². The standard InChI is InChI=1S/C15H20N3O4S/c1-8-6-18(7-9(2)22-8)13(20)11-5-10-12(19)16(3)15(21)17(4)14(10)23-11/h5,8-10H,6-7H2,1-4H3/q+1. The van der Waals surface area contributed by atoms with Gasteiger partial charge in [0, 0.05) is 13.1 Å². The van der Waals surface area contributed by atoms with Crippen molar-refractivity contribution < 1.29 is 23.7 Å². The quantitative estimate of drug-likeness (QED) is 0.651. The summed E-state index contributed by atoms with van der Waals surface area (Å²) in [4.78, 5) is 40.4. The van der Waals surface area contributed by atoms with E-state index >= 15 is 0 Å². The molecule has 0 aromatic carbocycles. The molecule has 0 bridgehead atoms. The molecule has 8 heteroatoms. The van der Waals surface area contributed by atoms with E-state index in [0.717, 1.165) is 4.90 Å². The van der Waals surface area contributed by atoms with E-state index in [2.05, 4.69) is 0 Å². The summed E-state index contributed by atoms with van der Waals surface area (Å²) >= 11 is 1.22. The number of hydrogen-bond acceptors (Lipinski definition) is 5. The maximum Gasteiger partial charge on any atom is 0.500 e. The van der Waals surface area contributed by atoms with Crippen LogP contribution in [0.2, 0.25) is 0 Å². The Kier molecular flexibility index (Phi) is 4.05. The normalized spacial score (nSPS) is 31.5. The smallest absolute Gasteiger partial charge is 0.372 e. The fraction of sp³-hybridized carbons (Fsp3) is 0.600. The van der Waals surface area contributed by atoms with Gasteiger partial charge in [-0.25, -0.2) is 4.79 Å². The Hall–Kier alpha value is -1.67. The van der Waals surface area contributed by atoms with Crippen LogP contribution in [-0.4, -0.2) is 76.7 Å². The van der Waals surface area contributed by atoms with Crippen molar-refractivity contribution in [1.29, 1.82) is 0 Å². The molecule has 1 saturated heterocycles. The van der Waals surface area contributed by atoms with Crippen LogP contribution in [0.5, 0.6) is 0 Å². The van der Waals surface area contributed by atoms with E-state index in [1.54, 1.807) is 18.0 Å². The van der Waals surface area contributed by atoms with Gasteiger partial charge in [-0.2, -0.15) is 14.3 Å². The molecular weight excluding hydrogens is 318 g/mol. The highest BCUT2D eigenvalue weighted by Gasteiger charge is 2.48. The second kappa shape index (κ2) is 5.76. The van der Waals surface area contributed by atoms with Gasteiger partial charge >= 0.3 is 11.9 Å². The Bertz CT molecular complexity index is 647. The van der Waals surface area contributed by atoms with Gasteiger partial charge < -0.3 is 9.64 Å². The minimum Gasteiger partial charge on any atom is -0.372 e. The molecule has 0 N–H and O–H groups in total. The summed E-state index contributed by atoms with van der Waals surface area (Å²) in [6.07, 6.45) is 1.65. The minimum atomic E-state index is -0.539. The van der Waals surface area contributed by atoms with Crippen molar-refractivity contribution in [1.82, 2.24) is 9.80 Å². The van der Waals surface area contributed by atoms with E-state index < -0.39 is 5.92 Å². The van der Waals surface area contributed by atoms with Crippen molar-refractivity contribution in [2.75, 3.05) is 27.2 Å². The van der Waals surface area contributed by atoms with Gasteiger partial charge in [-0.1, -0.05) is 0 Å². The summed E-state index contributed by atoms with van der Waals surface area (Å²) in [6.45, 7) is 4.94. The summed E-state index contributed by atoms with van der Waals surface area (Å²) < 4.78 is 7.09. The van der Waals surface area contributed by atoms with E-state index in [9.17, 15) is 14.4 Å². The largest absolute Gasteiger partial charge is 0.500 e. The van der Waals surface area contributed by atoms with Crippen molar-refractivity contribution in [2.24, 2.45) is 5.92 Å². The average Bonchev–Trinajstić information content (AvgIpc) is 2.94. The van der Waals surface area contributed by atoms with E-state index in [1.807, 2.05) is 13.8 Å². The third-order valence-electron chi connectivity index (χ3n) is 4.22. The zero-order chi connectivity index (χ0) is 16.9. The molecule has 4 amide bonds. The molecule has 124 valence electrons. The van der Waals surface area contributed by atoms with Gasteiger partial charge in [0.2, 0.25) is 0 Å². The first-order valence-electron chi connectivity index (χ1n) is 7.56. The number of carbonyl (C=O) groups excluding carboxylic acids is 3. The highest BCUT2D eigenvalue weighted by Crippen LogP contribution is 2.36. The number of imide groups is 1. The molecule has 3 atom stereocenters. The molecule has 0 aromatic rings. The number of ether oxygens (including phenoxy) is 1. The van der Waals surface area contributed by atoms with Crippen LogP contribution in [0.15, 0.2) is 11.0 Å². The molecule has 7 nitrogen and oxygen atoms in total. The van der Waals surface area contributed by atoms with Crippen LogP contribution in [0, 0.1) is 5.92 Å². The predicted octanol–water partition coefficient (Wildman–Crippen LogP) is 0.502. The topological polar surface area (TPSA) is 69.9 Å². The molecule has 3 aliphatic rings. The van der Waals surface area contributed by atoms with Crippen LogP contribution in [-0.2, 0) is 14.3 Å². The number of carbonyl (C=O) groups is 3. The second-order valence-electron chi connectivity index (χ2n) is 6.16. The van der Waals surface area contributed by atoms with Crippen LogP contribution in [0.25, 0.3) is 0 Å². The number of amides is 4. The molecule has 1 fully saturated rings. The number of thioether (sulfide) groups is 1. The van der Waals surface area contributed by atoms with Crippen LogP contribution >= 0.6 is 11.8 Å². The van der Waals surface area contributed by atoms with E-state index in [4.69, 9.17) is 4.74 Å². The van der Waals surface area contributed by atoms with E-state index in [1.165, 1.54) is 23.4 Å². The second-order valence-corrected chi connectivity index (χ2v) is 7.22. The Balaban J connectivity index is 1.85. The average molecular weight is 338 g/mol. The van der Waals surface area contributed by atoms with Gasteiger partial charge in [-0.3, -0.25) is 4.79 Å². The highest BCUT2D eigenvalue weighted by atomic mass is 32.2. The third-order valence-corrected chi connectivity index (χ3v) is 5.48. The Morgan fingerprint density at radius 1 is 1.30 bits per heavy atom. The molecule has 0 spiro atoms. The lowest BCUT2D eigenvalue weighted by Gasteiger charge is -2.35. The number of fused-ring (bicyclic) bond motifs is 1. The molecule has 3 unspecified atom stereocenters. The van der Waals surface area contributed by atoms with Crippen molar-refractivity contribution in [3.05, 3.63) is 11.0 Å².